The number of hydrogen-bond donors (Lipinski definition) is 2. The third-order valence-electron chi connectivity index (χ3n) is 3.24. The quantitative estimate of drug-likeness (QED) is 0.666. The number of hydrogen-bond acceptors (Lipinski definition) is 3. The van der Waals surface area contributed by atoms with Crippen molar-refractivity contribution in [1.82, 2.24) is 5.32 Å². The fraction of sp³-hybridized carbons (Fsp3) is 0.235. The molecule has 0 radical (unpaired) electrons. The van der Waals surface area contributed by atoms with Gasteiger partial charge in [0, 0.05) is 21.5 Å². The van der Waals surface area contributed by atoms with Crippen LogP contribution in [0.4, 0.5) is 5.69 Å². The average Bonchev–Trinajstić information content (AvgIpc) is 2.75. The second-order valence-corrected chi connectivity index (χ2v) is 6.56. The Bertz CT molecular complexity index is 673. The van der Waals surface area contributed by atoms with E-state index >= 15 is 0 Å². The molecule has 2 aromatic rings. The highest BCUT2D eigenvalue weighted by Gasteiger charge is 2.12. The Hall–Kier alpha value is -2.07. The first-order valence-electron chi connectivity index (χ1n) is 6.87. The van der Waals surface area contributed by atoms with Crippen molar-refractivity contribution in [2.45, 2.75) is 26.8 Å². The van der Waals surface area contributed by atoms with E-state index in [1.54, 1.807) is 23.5 Å². The second-order valence-electron chi connectivity index (χ2n) is 5.10. The van der Waals surface area contributed by atoms with Crippen molar-refractivity contribution in [3.63, 3.8) is 0 Å². The molecule has 0 fully saturated rings. The van der Waals surface area contributed by atoms with Crippen LogP contribution >= 0.6 is 11.3 Å². The molecule has 4 heteroatoms. The summed E-state index contributed by atoms with van der Waals surface area (Å²) in [6.45, 7) is 6.16. The first-order chi connectivity index (χ1) is 9.95. The lowest BCUT2D eigenvalue weighted by molar-refractivity contribution is -0.117. The predicted octanol–water partition coefficient (Wildman–Crippen LogP) is 3.84. The Balaban J connectivity index is 2.00. The SMILES string of the molecule is Cc1cc(C(C)NC(=O)/C=C/c2cccc(N)c2)c(C)s1. The van der Waals surface area contributed by atoms with E-state index < -0.39 is 0 Å². The molecular formula is C17H20N2OS. The van der Waals surface area contributed by atoms with Crippen LogP contribution < -0.4 is 11.1 Å². The minimum absolute atomic E-state index is 0.00735. The smallest absolute Gasteiger partial charge is 0.244 e. The summed E-state index contributed by atoms with van der Waals surface area (Å²) < 4.78 is 0. The van der Waals surface area contributed by atoms with E-state index in [-0.39, 0.29) is 11.9 Å². The molecule has 0 saturated heterocycles. The molecule has 3 nitrogen and oxygen atoms in total. The van der Waals surface area contributed by atoms with Crippen LogP contribution in [0.25, 0.3) is 6.08 Å². The van der Waals surface area contributed by atoms with E-state index in [1.807, 2.05) is 31.2 Å². The molecule has 0 aliphatic heterocycles. The molecule has 21 heavy (non-hydrogen) atoms. The fourth-order valence-corrected chi connectivity index (χ4v) is 3.28. The summed E-state index contributed by atoms with van der Waals surface area (Å²) in [6.07, 6.45) is 3.31. The summed E-state index contributed by atoms with van der Waals surface area (Å²) >= 11 is 1.75. The maximum atomic E-state index is 12.0. The summed E-state index contributed by atoms with van der Waals surface area (Å²) in [5.74, 6) is -0.104. The van der Waals surface area contributed by atoms with Crippen molar-refractivity contribution >= 4 is 29.0 Å². The van der Waals surface area contributed by atoms with Gasteiger partial charge in [-0.25, -0.2) is 0 Å². The van der Waals surface area contributed by atoms with E-state index in [1.165, 1.54) is 15.3 Å². The van der Waals surface area contributed by atoms with Gasteiger partial charge in [-0.05, 0) is 56.2 Å². The van der Waals surface area contributed by atoms with Crippen molar-refractivity contribution in [3.05, 3.63) is 57.3 Å². The minimum atomic E-state index is -0.104. The molecule has 0 spiro atoms. The number of thiophene rings is 1. The zero-order valence-corrected chi connectivity index (χ0v) is 13.3. The van der Waals surface area contributed by atoms with E-state index in [4.69, 9.17) is 5.73 Å². The molecule has 1 aromatic carbocycles. The molecule has 0 aliphatic carbocycles. The molecular weight excluding hydrogens is 280 g/mol. The van der Waals surface area contributed by atoms with Crippen LogP contribution in [0.3, 0.4) is 0 Å². The summed E-state index contributed by atoms with van der Waals surface area (Å²) in [5, 5.41) is 2.98. The normalized spacial score (nSPS) is 12.5. The molecule has 0 saturated carbocycles. The molecule has 110 valence electrons. The third kappa shape index (κ3) is 4.20. The maximum absolute atomic E-state index is 12.0. The zero-order chi connectivity index (χ0) is 15.4. The van der Waals surface area contributed by atoms with Crippen LogP contribution in [0, 0.1) is 13.8 Å². The highest BCUT2D eigenvalue weighted by atomic mass is 32.1. The molecule has 0 bridgehead atoms. The van der Waals surface area contributed by atoms with Gasteiger partial charge in [0.2, 0.25) is 5.91 Å². The Morgan fingerprint density at radius 2 is 2.10 bits per heavy atom. The first kappa shape index (κ1) is 15.3. The zero-order valence-electron chi connectivity index (χ0n) is 12.5. The first-order valence-corrected chi connectivity index (χ1v) is 7.68. The largest absolute Gasteiger partial charge is 0.399 e. The topological polar surface area (TPSA) is 55.1 Å². The molecule has 1 aromatic heterocycles. The van der Waals surface area contributed by atoms with Gasteiger partial charge in [-0.2, -0.15) is 0 Å². The van der Waals surface area contributed by atoms with Crippen LogP contribution in [-0.2, 0) is 4.79 Å². The van der Waals surface area contributed by atoms with Gasteiger partial charge in [0.15, 0.2) is 0 Å². The molecule has 1 unspecified atom stereocenters. The number of anilines is 1. The van der Waals surface area contributed by atoms with Gasteiger partial charge in [0.05, 0.1) is 6.04 Å². The van der Waals surface area contributed by atoms with Crippen molar-refractivity contribution in [2.75, 3.05) is 5.73 Å². The Kier molecular flexibility index (Phi) is 4.81. The molecule has 2 rings (SSSR count). The highest BCUT2D eigenvalue weighted by molar-refractivity contribution is 7.12. The number of nitrogens with two attached hydrogens (primary N) is 1. The Morgan fingerprint density at radius 1 is 1.33 bits per heavy atom. The van der Waals surface area contributed by atoms with Gasteiger partial charge < -0.3 is 11.1 Å². The Labute approximate surface area is 129 Å². The van der Waals surface area contributed by atoms with Gasteiger partial charge in [-0.15, -0.1) is 11.3 Å². The van der Waals surface area contributed by atoms with E-state index in [9.17, 15) is 4.79 Å². The summed E-state index contributed by atoms with van der Waals surface area (Å²) in [7, 11) is 0. The van der Waals surface area contributed by atoms with Crippen molar-refractivity contribution in [2.24, 2.45) is 0 Å². The number of amides is 1. The number of carbonyl (C=O) groups is 1. The van der Waals surface area contributed by atoms with Gasteiger partial charge in [0.25, 0.3) is 0 Å². The van der Waals surface area contributed by atoms with Crippen molar-refractivity contribution in [1.29, 1.82) is 0 Å². The van der Waals surface area contributed by atoms with Crippen LogP contribution in [-0.4, -0.2) is 5.91 Å². The lowest BCUT2D eigenvalue weighted by Crippen LogP contribution is -2.24. The second kappa shape index (κ2) is 6.59. The number of nitrogen functional groups attached to an aromatic ring is 1. The molecule has 1 heterocycles. The lowest BCUT2D eigenvalue weighted by Gasteiger charge is -2.12. The molecule has 0 aliphatic rings. The van der Waals surface area contributed by atoms with E-state index in [0.29, 0.717) is 5.69 Å². The fourth-order valence-electron chi connectivity index (χ4n) is 2.25. The van der Waals surface area contributed by atoms with Crippen LogP contribution in [0.15, 0.2) is 36.4 Å². The third-order valence-corrected chi connectivity index (χ3v) is 4.22. The van der Waals surface area contributed by atoms with Crippen LogP contribution in [0.5, 0.6) is 0 Å². The highest BCUT2D eigenvalue weighted by Crippen LogP contribution is 2.26. The number of carbonyl (C=O) groups excluding carboxylic acids is 1. The lowest BCUT2D eigenvalue weighted by atomic mass is 10.1. The number of nitrogens with one attached hydrogen (secondary N) is 1. The summed E-state index contributed by atoms with van der Waals surface area (Å²) in [4.78, 5) is 14.5. The predicted molar refractivity (Wildman–Crippen MR) is 90.2 cm³/mol. The van der Waals surface area contributed by atoms with Crippen molar-refractivity contribution in [3.8, 4) is 0 Å². The van der Waals surface area contributed by atoms with E-state index in [0.717, 1.165) is 5.56 Å². The van der Waals surface area contributed by atoms with Gasteiger partial charge in [-0.1, -0.05) is 12.1 Å². The van der Waals surface area contributed by atoms with Crippen LogP contribution in [0.2, 0.25) is 0 Å². The standard InChI is InChI=1S/C17H20N2OS/c1-11-9-16(13(3)21-11)12(2)19-17(20)8-7-14-5-4-6-15(18)10-14/h4-10,12H,18H2,1-3H3,(H,19,20)/b8-7+. The monoisotopic (exact) mass is 300 g/mol. The molecule has 1 amide bonds. The number of aryl methyl sites for hydroxylation is 2. The van der Waals surface area contributed by atoms with Gasteiger partial charge >= 0.3 is 0 Å². The van der Waals surface area contributed by atoms with Gasteiger partial charge in [-0.3, -0.25) is 4.79 Å². The van der Waals surface area contributed by atoms with Crippen molar-refractivity contribution < 1.29 is 4.79 Å². The summed E-state index contributed by atoms with van der Waals surface area (Å²) in [5.41, 5.74) is 8.50. The Morgan fingerprint density at radius 3 is 2.71 bits per heavy atom. The number of benzene rings is 1. The summed E-state index contributed by atoms with van der Waals surface area (Å²) in [6, 6.07) is 9.57. The minimum Gasteiger partial charge on any atom is -0.399 e. The molecule has 1 atom stereocenters. The average molecular weight is 300 g/mol. The molecule has 3 N–H and O–H groups in total. The number of rotatable bonds is 4. The van der Waals surface area contributed by atoms with Crippen LogP contribution in [0.1, 0.15) is 33.8 Å². The maximum Gasteiger partial charge on any atom is 0.244 e. The van der Waals surface area contributed by atoms with E-state index in [2.05, 4.69) is 25.2 Å². The van der Waals surface area contributed by atoms with Gasteiger partial charge in [0.1, 0.15) is 0 Å².